The number of benzene rings is 2. The molecular weight excluding hydrogens is 334 g/mol. The van der Waals surface area contributed by atoms with Gasteiger partial charge < -0.3 is 10.1 Å². The zero-order valence-electron chi connectivity index (χ0n) is 15.3. The maximum Gasteiger partial charge on any atom is 0.251 e. The molecule has 2 aromatic rings. The van der Waals surface area contributed by atoms with Gasteiger partial charge in [0.25, 0.3) is 5.91 Å². The first-order chi connectivity index (χ1) is 11.8. The first-order valence-corrected chi connectivity index (χ1v) is 9.00. The van der Waals surface area contributed by atoms with Crippen LogP contribution >= 0.6 is 11.6 Å². The largest absolute Gasteiger partial charge is 0.492 e. The summed E-state index contributed by atoms with van der Waals surface area (Å²) in [5.74, 6) is 0.472. The van der Waals surface area contributed by atoms with E-state index in [-0.39, 0.29) is 17.4 Å². The molecule has 4 heteroatoms. The number of ether oxygens (including phenoxy) is 1. The molecule has 0 aliphatic rings. The Bertz CT molecular complexity index is 713. The van der Waals surface area contributed by atoms with Gasteiger partial charge in [0.05, 0.1) is 11.6 Å². The highest BCUT2D eigenvalue weighted by Crippen LogP contribution is 2.29. The van der Waals surface area contributed by atoms with Crippen molar-refractivity contribution >= 4 is 17.5 Å². The van der Waals surface area contributed by atoms with Crippen LogP contribution in [0.4, 0.5) is 0 Å². The Labute approximate surface area is 155 Å². The van der Waals surface area contributed by atoms with Gasteiger partial charge >= 0.3 is 0 Å². The average Bonchev–Trinajstić information content (AvgIpc) is 2.57. The minimum Gasteiger partial charge on any atom is -0.492 e. The van der Waals surface area contributed by atoms with E-state index in [0.29, 0.717) is 22.9 Å². The summed E-state index contributed by atoms with van der Waals surface area (Å²) in [6, 6.07) is 15.5. The Morgan fingerprint density at radius 1 is 1.20 bits per heavy atom. The van der Waals surface area contributed by atoms with Crippen molar-refractivity contribution < 1.29 is 9.53 Å². The van der Waals surface area contributed by atoms with E-state index in [0.717, 1.165) is 6.42 Å². The standard InChI is InChI=1S/C21H26ClNO2/c1-5-25-19-12-11-16(13-18(19)22)20(24)23-15(2)14-21(3,4)17-9-7-6-8-10-17/h6-13,15H,5,14H2,1-4H3,(H,23,24)/t15-/m1/s1. The number of amides is 1. The first-order valence-electron chi connectivity index (χ1n) is 8.62. The van der Waals surface area contributed by atoms with E-state index >= 15 is 0 Å². The molecule has 25 heavy (non-hydrogen) atoms. The van der Waals surface area contributed by atoms with Gasteiger partial charge in [0.2, 0.25) is 0 Å². The summed E-state index contributed by atoms with van der Waals surface area (Å²) >= 11 is 6.17. The molecule has 1 amide bonds. The van der Waals surface area contributed by atoms with E-state index in [9.17, 15) is 4.79 Å². The highest BCUT2D eigenvalue weighted by Gasteiger charge is 2.24. The third-order valence-corrected chi connectivity index (χ3v) is 4.54. The average molecular weight is 360 g/mol. The van der Waals surface area contributed by atoms with Crippen LogP contribution < -0.4 is 10.1 Å². The number of hydrogen-bond donors (Lipinski definition) is 1. The topological polar surface area (TPSA) is 38.3 Å². The number of carbonyl (C=O) groups is 1. The fourth-order valence-corrected chi connectivity index (χ4v) is 3.28. The van der Waals surface area contributed by atoms with Crippen LogP contribution in [0, 0.1) is 0 Å². The number of hydrogen-bond acceptors (Lipinski definition) is 2. The van der Waals surface area contributed by atoms with Gasteiger partial charge in [0, 0.05) is 11.6 Å². The molecule has 1 N–H and O–H groups in total. The summed E-state index contributed by atoms with van der Waals surface area (Å²) in [5, 5.41) is 3.51. The van der Waals surface area contributed by atoms with Gasteiger partial charge in [-0.15, -0.1) is 0 Å². The second kappa shape index (κ2) is 8.39. The molecular formula is C21H26ClNO2. The molecule has 0 spiro atoms. The van der Waals surface area contributed by atoms with Crippen LogP contribution in [-0.4, -0.2) is 18.6 Å². The third-order valence-electron chi connectivity index (χ3n) is 4.24. The molecule has 0 aliphatic carbocycles. The Balaban J connectivity index is 2.01. The lowest BCUT2D eigenvalue weighted by Gasteiger charge is -2.29. The van der Waals surface area contributed by atoms with E-state index in [2.05, 4.69) is 31.3 Å². The highest BCUT2D eigenvalue weighted by molar-refractivity contribution is 6.32. The lowest BCUT2D eigenvalue weighted by atomic mass is 9.79. The molecule has 2 aromatic carbocycles. The molecule has 0 saturated heterocycles. The van der Waals surface area contributed by atoms with Gasteiger partial charge in [-0.2, -0.15) is 0 Å². The highest BCUT2D eigenvalue weighted by atomic mass is 35.5. The molecule has 0 unspecified atom stereocenters. The van der Waals surface area contributed by atoms with Gasteiger partial charge in [0.1, 0.15) is 5.75 Å². The normalized spacial score (nSPS) is 12.5. The van der Waals surface area contributed by atoms with Crippen molar-refractivity contribution in [2.75, 3.05) is 6.61 Å². The van der Waals surface area contributed by atoms with Gasteiger partial charge in [0.15, 0.2) is 0 Å². The molecule has 134 valence electrons. The van der Waals surface area contributed by atoms with Crippen molar-refractivity contribution in [3.8, 4) is 5.75 Å². The second-order valence-electron chi connectivity index (χ2n) is 6.91. The Kier molecular flexibility index (Phi) is 6.49. The van der Waals surface area contributed by atoms with E-state index in [1.54, 1.807) is 18.2 Å². The third kappa shape index (κ3) is 5.23. The molecule has 0 radical (unpaired) electrons. The maximum atomic E-state index is 12.5. The molecule has 0 aliphatic heterocycles. The lowest BCUT2D eigenvalue weighted by molar-refractivity contribution is 0.0934. The van der Waals surface area contributed by atoms with Crippen LogP contribution in [0.5, 0.6) is 5.75 Å². The fraction of sp³-hybridized carbons (Fsp3) is 0.381. The Hall–Kier alpha value is -2.00. The Morgan fingerprint density at radius 2 is 1.88 bits per heavy atom. The van der Waals surface area contributed by atoms with Crippen molar-refractivity contribution in [2.24, 2.45) is 0 Å². The molecule has 0 aromatic heterocycles. The van der Waals surface area contributed by atoms with Gasteiger partial charge in [-0.05, 0) is 49.4 Å². The Morgan fingerprint density at radius 3 is 2.48 bits per heavy atom. The summed E-state index contributed by atoms with van der Waals surface area (Å²) in [6.07, 6.45) is 0.841. The minimum atomic E-state index is -0.124. The van der Waals surface area contributed by atoms with Gasteiger partial charge in [-0.3, -0.25) is 4.79 Å². The molecule has 3 nitrogen and oxygen atoms in total. The number of halogens is 1. The summed E-state index contributed by atoms with van der Waals surface area (Å²) in [6.45, 7) is 8.85. The van der Waals surface area contributed by atoms with Crippen molar-refractivity contribution in [3.63, 3.8) is 0 Å². The summed E-state index contributed by atoms with van der Waals surface area (Å²) < 4.78 is 5.40. The first kappa shape index (κ1) is 19.3. The van der Waals surface area contributed by atoms with Crippen molar-refractivity contribution in [1.29, 1.82) is 0 Å². The minimum absolute atomic E-state index is 0.0234. The van der Waals surface area contributed by atoms with Crippen LogP contribution in [0.2, 0.25) is 5.02 Å². The van der Waals surface area contributed by atoms with Crippen LogP contribution in [0.3, 0.4) is 0 Å². The molecule has 0 bridgehead atoms. The van der Waals surface area contributed by atoms with E-state index in [1.807, 2.05) is 32.0 Å². The number of rotatable bonds is 7. The van der Waals surface area contributed by atoms with Crippen molar-refractivity contribution in [1.82, 2.24) is 5.32 Å². The smallest absolute Gasteiger partial charge is 0.251 e. The van der Waals surface area contributed by atoms with Gasteiger partial charge in [-0.1, -0.05) is 55.8 Å². The van der Waals surface area contributed by atoms with Crippen LogP contribution in [0.15, 0.2) is 48.5 Å². The fourth-order valence-electron chi connectivity index (χ4n) is 3.05. The van der Waals surface area contributed by atoms with E-state index in [1.165, 1.54) is 5.56 Å². The van der Waals surface area contributed by atoms with E-state index < -0.39 is 0 Å². The predicted molar refractivity (Wildman–Crippen MR) is 104 cm³/mol. The number of nitrogens with one attached hydrogen (secondary N) is 1. The number of carbonyl (C=O) groups excluding carboxylic acids is 1. The maximum absolute atomic E-state index is 12.5. The zero-order chi connectivity index (χ0) is 18.4. The molecule has 0 fully saturated rings. The predicted octanol–water partition coefficient (Wildman–Crippen LogP) is 5.22. The monoisotopic (exact) mass is 359 g/mol. The van der Waals surface area contributed by atoms with E-state index in [4.69, 9.17) is 16.3 Å². The summed E-state index contributed by atoms with van der Waals surface area (Å²) in [7, 11) is 0. The quantitative estimate of drug-likeness (QED) is 0.735. The van der Waals surface area contributed by atoms with Crippen LogP contribution in [0.25, 0.3) is 0 Å². The summed E-state index contributed by atoms with van der Waals surface area (Å²) in [4.78, 5) is 12.5. The zero-order valence-corrected chi connectivity index (χ0v) is 16.1. The van der Waals surface area contributed by atoms with Crippen LogP contribution in [0.1, 0.15) is 50.0 Å². The molecule has 0 saturated carbocycles. The van der Waals surface area contributed by atoms with Crippen molar-refractivity contribution in [3.05, 3.63) is 64.7 Å². The SMILES string of the molecule is CCOc1ccc(C(=O)N[C@H](C)CC(C)(C)c2ccccc2)cc1Cl. The van der Waals surface area contributed by atoms with Gasteiger partial charge in [-0.25, -0.2) is 0 Å². The summed E-state index contributed by atoms with van der Waals surface area (Å²) in [5.41, 5.74) is 1.78. The second-order valence-corrected chi connectivity index (χ2v) is 7.31. The molecule has 0 heterocycles. The van der Waals surface area contributed by atoms with Crippen LogP contribution in [-0.2, 0) is 5.41 Å². The van der Waals surface area contributed by atoms with Crippen molar-refractivity contribution in [2.45, 2.75) is 45.6 Å². The molecule has 1 atom stereocenters. The molecule has 2 rings (SSSR count). The lowest BCUT2D eigenvalue weighted by Crippen LogP contribution is -2.37.